The molecule has 0 aliphatic carbocycles. The third-order valence-electron chi connectivity index (χ3n) is 2.09. The van der Waals surface area contributed by atoms with E-state index in [9.17, 15) is 4.79 Å². The number of rotatable bonds is 6. The number of benzene rings is 1. The smallest absolute Gasteiger partial charge is 0.240 e. The maximum absolute atomic E-state index is 10.6. The highest BCUT2D eigenvalue weighted by Gasteiger charge is 2.04. The summed E-state index contributed by atoms with van der Waals surface area (Å²) in [4.78, 5) is 14.7. The molecule has 1 aromatic heterocycles. The highest BCUT2D eigenvalue weighted by Crippen LogP contribution is 2.14. The Kier molecular flexibility index (Phi) is 4.97. The van der Waals surface area contributed by atoms with Gasteiger partial charge in [0.1, 0.15) is 0 Å². The monoisotopic (exact) mass is 310 g/mol. The van der Waals surface area contributed by atoms with Gasteiger partial charge in [0.2, 0.25) is 17.0 Å². The molecule has 2 rings (SSSR count). The fourth-order valence-electron chi connectivity index (χ4n) is 1.24. The first-order chi connectivity index (χ1) is 9.65. The van der Waals surface area contributed by atoms with Crippen molar-refractivity contribution in [2.75, 3.05) is 11.2 Å². The highest BCUT2D eigenvalue weighted by molar-refractivity contribution is 7.99. The van der Waals surface area contributed by atoms with Crippen LogP contribution in [-0.2, 0) is 4.79 Å². The van der Waals surface area contributed by atoms with Crippen LogP contribution in [0.5, 0.6) is 0 Å². The van der Waals surface area contributed by atoms with E-state index in [-0.39, 0.29) is 5.75 Å². The first kappa shape index (κ1) is 14.4. The first-order valence-electron chi connectivity index (χ1n) is 5.52. The Morgan fingerprint density at radius 1 is 1.55 bits per heavy atom. The van der Waals surface area contributed by atoms with Crippen molar-refractivity contribution in [3.8, 4) is 0 Å². The Balaban J connectivity index is 1.91. The molecule has 20 heavy (non-hydrogen) atoms. The van der Waals surface area contributed by atoms with Gasteiger partial charge in [0, 0.05) is 10.6 Å². The lowest BCUT2D eigenvalue weighted by Crippen LogP contribution is -2.13. The van der Waals surface area contributed by atoms with Crippen LogP contribution in [-0.4, -0.2) is 33.1 Å². The van der Waals surface area contributed by atoms with Crippen molar-refractivity contribution in [3.63, 3.8) is 0 Å². The number of aromatic amines is 1. The molecular weight excluding hydrogens is 300 g/mol. The van der Waals surface area contributed by atoms with Crippen LogP contribution in [0.3, 0.4) is 0 Å². The molecule has 1 amide bonds. The number of hydrogen-bond acceptors (Lipinski definition) is 6. The van der Waals surface area contributed by atoms with E-state index in [1.54, 1.807) is 12.3 Å². The summed E-state index contributed by atoms with van der Waals surface area (Å²) in [6.07, 6.45) is 1.57. The first-order valence-corrected chi connectivity index (χ1v) is 6.88. The van der Waals surface area contributed by atoms with Gasteiger partial charge in [0.15, 0.2) is 0 Å². The number of amides is 1. The number of nitrogens with zero attached hydrogens (tertiary/aromatic N) is 3. The lowest BCUT2D eigenvalue weighted by Gasteiger charge is -1.96. The van der Waals surface area contributed by atoms with Crippen molar-refractivity contribution >= 4 is 41.4 Å². The van der Waals surface area contributed by atoms with E-state index in [0.29, 0.717) is 16.1 Å². The molecule has 104 valence electrons. The number of halogens is 1. The summed E-state index contributed by atoms with van der Waals surface area (Å²) in [7, 11) is 0. The molecule has 0 atom stereocenters. The van der Waals surface area contributed by atoms with E-state index < -0.39 is 5.91 Å². The quantitative estimate of drug-likeness (QED) is 0.425. The summed E-state index contributed by atoms with van der Waals surface area (Å²) in [6, 6.07) is 7.31. The van der Waals surface area contributed by atoms with Gasteiger partial charge in [-0.05, 0) is 6.07 Å². The minimum Gasteiger partial charge on any atom is -0.369 e. The van der Waals surface area contributed by atoms with Gasteiger partial charge < -0.3 is 5.73 Å². The van der Waals surface area contributed by atoms with Crippen molar-refractivity contribution in [1.82, 2.24) is 15.2 Å². The number of hydrazone groups is 1. The van der Waals surface area contributed by atoms with Gasteiger partial charge in [-0.1, -0.05) is 41.6 Å². The van der Waals surface area contributed by atoms with Crippen molar-refractivity contribution in [1.29, 1.82) is 0 Å². The molecule has 1 heterocycles. The zero-order valence-electron chi connectivity index (χ0n) is 10.2. The van der Waals surface area contributed by atoms with Crippen LogP contribution in [0.2, 0.25) is 5.02 Å². The molecule has 2 aromatic rings. The normalized spacial score (nSPS) is 10.8. The predicted octanol–water partition coefficient (Wildman–Crippen LogP) is 1.48. The van der Waals surface area contributed by atoms with Crippen molar-refractivity contribution in [3.05, 3.63) is 34.9 Å². The fraction of sp³-hybridized carbons (Fsp3) is 0.0909. The van der Waals surface area contributed by atoms with Gasteiger partial charge in [-0.15, -0.1) is 5.10 Å². The number of carbonyl (C=O) groups is 1. The van der Waals surface area contributed by atoms with Gasteiger partial charge in [-0.25, -0.2) is 10.5 Å². The number of nitrogens with one attached hydrogen (secondary N) is 2. The minimum atomic E-state index is -0.425. The average molecular weight is 311 g/mol. The molecule has 1 aromatic carbocycles. The molecule has 0 bridgehead atoms. The maximum Gasteiger partial charge on any atom is 0.240 e. The topological polar surface area (TPSA) is 109 Å². The minimum absolute atomic E-state index is 0.125. The molecule has 0 fully saturated rings. The van der Waals surface area contributed by atoms with Crippen LogP contribution in [0.25, 0.3) is 0 Å². The van der Waals surface area contributed by atoms with Crippen LogP contribution in [0.15, 0.2) is 34.5 Å². The molecule has 4 N–H and O–H groups in total. The van der Waals surface area contributed by atoms with Gasteiger partial charge in [0.05, 0.1) is 12.0 Å². The van der Waals surface area contributed by atoms with E-state index in [1.165, 1.54) is 0 Å². The predicted molar refractivity (Wildman–Crippen MR) is 79.0 cm³/mol. The van der Waals surface area contributed by atoms with Crippen molar-refractivity contribution < 1.29 is 4.79 Å². The summed E-state index contributed by atoms with van der Waals surface area (Å²) in [5, 5.41) is 11.5. The Hall–Kier alpha value is -2.06. The van der Waals surface area contributed by atoms with Crippen LogP contribution in [0, 0.1) is 0 Å². The van der Waals surface area contributed by atoms with Gasteiger partial charge in [0.25, 0.3) is 0 Å². The molecule has 0 aliphatic rings. The molecule has 0 saturated heterocycles. The number of nitrogens with two attached hydrogens (primary N) is 1. The molecule has 0 aliphatic heterocycles. The molecule has 0 radical (unpaired) electrons. The molecule has 0 saturated carbocycles. The SMILES string of the molecule is NC(=O)CSc1n[nH]c(N/N=C\c2ccccc2Cl)n1. The van der Waals surface area contributed by atoms with Crippen molar-refractivity contribution in [2.24, 2.45) is 10.8 Å². The van der Waals surface area contributed by atoms with Crippen LogP contribution < -0.4 is 11.2 Å². The Morgan fingerprint density at radius 3 is 3.10 bits per heavy atom. The molecule has 9 heteroatoms. The molecule has 7 nitrogen and oxygen atoms in total. The summed E-state index contributed by atoms with van der Waals surface area (Å²) < 4.78 is 0. The van der Waals surface area contributed by atoms with Crippen LogP contribution in [0.4, 0.5) is 5.95 Å². The third-order valence-corrected chi connectivity index (χ3v) is 3.30. The molecular formula is C11H11ClN6OS. The molecule has 0 unspecified atom stereocenters. The van der Waals surface area contributed by atoms with Gasteiger partial charge in [-0.3, -0.25) is 4.79 Å². The standard InChI is InChI=1S/C11H11ClN6OS/c12-8-4-2-1-3-7(8)5-14-16-10-15-11(18-17-10)20-6-9(13)19/h1-5H,6H2,(H2,13,19)(H2,15,16,17,18)/b14-5-. The number of H-pyrrole nitrogens is 1. The zero-order chi connectivity index (χ0) is 14.4. The largest absolute Gasteiger partial charge is 0.369 e. The number of carbonyl (C=O) groups excluding carboxylic acids is 1. The average Bonchev–Trinajstić information content (AvgIpc) is 2.87. The van der Waals surface area contributed by atoms with Crippen LogP contribution in [0.1, 0.15) is 5.56 Å². The second-order valence-corrected chi connectivity index (χ2v) is 4.96. The second kappa shape index (κ2) is 6.92. The Bertz CT molecular complexity index is 629. The fourth-order valence-corrected chi connectivity index (χ4v) is 1.96. The number of hydrogen-bond donors (Lipinski definition) is 3. The second-order valence-electron chi connectivity index (χ2n) is 3.61. The number of anilines is 1. The highest BCUT2D eigenvalue weighted by atomic mass is 35.5. The number of aromatic nitrogens is 3. The zero-order valence-corrected chi connectivity index (χ0v) is 11.8. The lowest BCUT2D eigenvalue weighted by atomic mass is 10.2. The Morgan fingerprint density at radius 2 is 2.35 bits per heavy atom. The van der Waals surface area contributed by atoms with E-state index >= 15 is 0 Å². The third kappa shape index (κ3) is 4.25. The van der Waals surface area contributed by atoms with Crippen LogP contribution >= 0.6 is 23.4 Å². The summed E-state index contributed by atoms with van der Waals surface area (Å²) in [6.45, 7) is 0. The van der Waals surface area contributed by atoms with E-state index in [4.69, 9.17) is 17.3 Å². The number of primary amides is 1. The maximum atomic E-state index is 10.6. The molecule has 0 spiro atoms. The summed E-state index contributed by atoms with van der Waals surface area (Å²) in [5.41, 5.74) is 8.49. The summed E-state index contributed by atoms with van der Waals surface area (Å²) >= 11 is 7.12. The number of thioether (sulfide) groups is 1. The lowest BCUT2D eigenvalue weighted by molar-refractivity contribution is -0.115. The Labute approximate surface area is 124 Å². The van der Waals surface area contributed by atoms with Crippen molar-refractivity contribution in [2.45, 2.75) is 5.16 Å². The van der Waals surface area contributed by atoms with E-state index in [0.717, 1.165) is 17.3 Å². The summed E-state index contributed by atoms with van der Waals surface area (Å²) in [5.74, 6) is 0.0616. The van der Waals surface area contributed by atoms with Gasteiger partial charge >= 0.3 is 0 Å². The van der Waals surface area contributed by atoms with E-state index in [1.807, 2.05) is 18.2 Å². The van der Waals surface area contributed by atoms with E-state index in [2.05, 4.69) is 25.7 Å². The van der Waals surface area contributed by atoms with Gasteiger partial charge in [-0.2, -0.15) is 10.1 Å².